The summed E-state index contributed by atoms with van der Waals surface area (Å²) in [5.41, 5.74) is 2.43. The zero-order valence-electron chi connectivity index (χ0n) is 10.3. The van der Waals surface area contributed by atoms with Gasteiger partial charge in [-0.25, -0.2) is 0 Å². The van der Waals surface area contributed by atoms with Crippen molar-refractivity contribution in [2.45, 2.75) is 18.8 Å². The first-order chi connectivity index (χ1) is 8.69. The maximum atomic E-state index is 11.4. The molecule has 1 aliphatic carbocycles. The lowest BCUT2D eigenvalue weighted by atomic mass is 9.98. The van der Waals surface area contributed by atoms with E-state index in [1.807, 2.05) is 18.2 Å². The number of carbonyl (C=O) groups is 1. The molecule has 18 heavy (non-hydrogen) atoms. The van der Waals surface area contributed by atoms with Crippen LogP contribution in [0.25, 0.3) is 0 Å². The molecular formula is C13H15NO4. The fourth-order valence-corrected chi connectivity index (χ4v) is 2.28. The Kier molecular flexibility index (Phi) is 3.50. The second kappa shape index (κ2) is 5.08. The fraction of sp³-hybridized carbons (Fsp3) is 0.385. The van der Waals surface area contributed by atoms with Gasteiger partial charge in [-0.3, -0.25) is 4.79 Å². The van der Waals surface area contributed by atoms with Gasteiger partial charge in [0.2, 0.25) is 0 Å². The number of hydrogen-bond donors (Lipinski definition) is 1. The highest BCUT2D eigenvalue weighted by molar-refractivity contribution is 6.05. The molecule has 2 rings (SSSR count). The Balaban J connectivity index is 2.36. The molecule has 0 radical (unpaired) electrons. The number of hydrogen-bond acceptors (Lipinski definition) is 5. The van der Waals surface area contributed by atoms with E-state index in [1.54, 1.807) is 7.11 Å². The first-order valence-corrected chi connectivity index (χ1v) is 5.65. The molecule has 0 spiro atoms. The van der Waals surface area contributed by atoms with Crippen LogP contribution >= 0.6 is 0 Å². The third-order valence-electron chi connectivity index (χ3n) is 3.21. The maximum Gasteiger partial charge on any atom is 0.306 e. The number of fused-ring (bicyclic) bond motifs is 1. The van der Waals surface area contributed by atoms with Gasteiger partial charge >= 0.3 is 5.97 Å². The van der Waals surface area contributed by atoms with E-state index in [0.717, 1.165) is 16.9 Å². The Morgan fingerprint density at radius 3 is 2.89 bits per heavy atom. The van der Waals surface area contributed by atoms with Gasteiger partial charge in [-0.1, -0.05) is 5.16 Å². The molecule has 0 amide bonds. The second-order valence-electron chi connectivity index (χ2n) is 4.18. The Labute approximate surface area is 105 Å². The SMILES string of the molecule is COC(=O)CC1C/C(=N/O)c2ccc(OC)cc21. The molecule has 1 aliphatic rings. The standard InChI is InChI=1S/C13H15NO4/c1-17-9-3-4-10-11(7-9)8(5-12(10)14-16)6-13(15)18-2/h3-4,7-8,16H,5-6H2,1-2H3/b14-12-. The molecule has 1 unspecified atom stereocenters. The summed E-state index contributed by atoms with van der Waals surface area (Å²) < 4.78 is 9.85. The van der Waals surface area contributed by atoms with Crippen LogP contribution in [-0.4, -0.2) is 31.1 Å². The van der Waals surface area contributed by atoms with Crippen molar-refractivity contribution in [3.8, 4) is 5.75 Å². The number of carbonyl (C=O) groups excluding carboxylic acids is 1. The van der Waals surface area contributed by atoms with Crippen molar-refractivity contribution in [2.75, 3.05) is 14.2 Å². The van der Waals surface area contributed by atoms with Crippen LogP contribution in [-0.2, 0) is 9.53 Å². The van der Waals surface area contributed by atoms with Crippen LogP contribution in [0.1, 0.15) is 29.9 Å². The smallest absolute Gasteiger partial charge is 0.306 e. The van der Waals surface area contributed by atoms with Crippen molar-refractivity contribution >= 4 is 11.7 Å². The quantitative estimate of drug-likeness (QED) is 0.505. The Morgan fingerprint density at radius 1 is 1.50 bits per heavy atom. The average molecular weight is 249 g/mol. The largest absolute Gasteiger partial charge is 0.497 e. The molecule has 0 aromatic heterocycles. The zero-order valence-corrected chi connectivity index (χ0v) is 10.3. The summed E-state index contributed by atoms with van der Waals surface area (Å²) in [4.78, 5) is 11.4. The van der Waals surface area contributed by atoms with Crippen molar-refractivity contribution in [3.63, 3.8) is 0 Å². The van der Waals surface area contributed by atoms with Gasteiger partial charge in [0, 0.05) is 17.9 Å². The summed E-state index contributed by atoms with van der Waals surface area (Å²) >= 11 is 0. The predicted octanol–water partition coefficient (Wildman–Crippen LogP) is 1.92. The zero-order chi connectivity index (χ0) is 13.1. The van der Waals surface area contributed by atoms with E-state index < -0.39 is 0 Å². The molecular weight excluding hydrogens is 234 g/mol. The van der Waals surface area contributed by atoms with Gasteiger partial charge in [-0.2, -0.15) is 0 Å². The highest BCUT2D eigenvalue weighted by Gasteiger charge is 2.30. The monoisotopic (exact) mass is 249 g/mol. The van der Waals surface area contributed by atoms with E-state index in [1.165, 1.54) is 7.11 Å². The Bertz CT molecular complexity index is 496. The molecule has 0 fully saturated rings. The lowest BCUT2D eigenvalue weighted by Crippen LogP contribution is -2.06. The van der Waals surface area contributed by atoms with Crippen molar-refractivity contribution < 1.29 is 19.5 Å². The number of rotatable bonds is 3. The van der Waals surface area contributed by atoms with Gasteiger partial charge in [0.15, 0.2) is 0 Å². The van der Waals surface area contributed by atoms with Crippen LogP contribution in [0.4, 0.5) is 0 Å². The summed E-state index contributed by atoms with van der Waals surface area (Å²) in [6.07, 6.45) is 0.809. The fourth-order valence-electron chi connectivity index (χ4n) is 2.28. The molecule has 0 saturated heterocycles. The van der Waals surface area contributed by atoms with Gasteiger partial charge in [-0.15, -0.1) is 0 Å². The van der Waals surface area contributed by atoms with Crippen LogP contribution in [0.3, 0.4) is 0 Å². The van der Waals surface area contributed by atoms with E-state index in [0.29, 0.717) is 12.1 Å². The highest BCUT2D eigenvalue weighted by atomic mass is 16.5. The maximum absolute atomic E-state index is 11.4. The number of methoxy groups -OCH3 is 2. The van der Waals surface area contributed by atoms with E-state index in [9.17, 15) is 4.79 Å². The lowest BCUT2D eigenvalue weighted by Gasteiger charge is -2.10. The van der Waals surface area contributed by atoms with Gasteiger partial charge in [-0.05, 0) is 23.8 Å². The summed E-state index contributed by atoms with van der Waals surface area (Å²) in [6, 6.07) is 5.53. The molecule has 1 atom stereocenters. The average Bonchev–Trinajstić information content (AvgIpc) is 2.75. The molecule has 5 heteroatoms. The summed E-state index contributed by atoms with van der Waals surface area (Å²) in [6.45, 7) is 0. The topological polar surface area (TPSA) is 68.1 Å². The summed E-state index contributed by atoms with van der Waals surface area (Å²) in [5.74, 6) is 0.434. The summed E-state index contributed by atoms with van der Waals surface area (Å²) in [5, 5.41) is 12.3. The second-order valence-corrected chi connectivity index (χ2v) is 4.18. The molecule has 0 bridgehead atoms. The van der Waals surface area contributed by atoms with Crippen molar-refractivity contribution in [1.82, 2.24) is 0 Å². The van der Waals surface area contributed by atoms with Crippen molar-refractivity contribution in [1.29, 1.82) is 0 Å². The molecule has 0 aliphatic heterocycles. The van der Waals surface area contributed by atoms with Crippen LogP contribution < -0.4 is 4.74 Å². The third-order valence-corrected chi connectivity index (χ3v) is 3.21. The molecule has 0 saturated carbocycles. The highest BCUT2D eigenvalue weighted by Crippen LogP contribution is 2.38. The molecule has 5 nitrogen and oxygen atoms in total. The van der Waals surface area contributed by atoms with Gasteiger partial charge in [0.25, 0.3) is 0 Å². The number of oxime groups is 1. The van der Waals surface area contributed by atoms with Crippen molar-refractivity contribution in [3.05, 3.63) is 29.3 Å². The Hall–Kier alpha value is -2.04. The lowest BCUT2D eigenvalue weighted by molar-refractivity contribution is -0.141. The summed E-state index contributed by atoms with van der Waals surface area (Å²) in [7, 11) is 2.96. The predicted molar refractivity (Wildman–Crippen MR) is 65.3 cm³/mol. The van der Waals surface area contributed by atoms with Gasteiger partial charge < -0.3 is 14.7 Å². The van der Waals surface area contributed by atoms with Gasteiger partial charge in [0.1, 0.15) is 5.75 Å². The Morgan fingerprint density at radius 2 is 2.28 bits per heavy atom. The van der Waals surface area contributed by atoms with Crippen LogP contribution in [0, 0.1) is 0 Å². The minimum atomic E-state index is -0.270. The van der Waals surface area contributed by atoms with Gasteiger partial charge in [0.05, 0.1) is 26.4 Å². The number of benzene rings is 1. The van der Waals surface area contributed by atoms with Crippen LogP contribution in [0.15, 0.2) is 23.4 Å². The third kappa shape index (κ3) is 2.16. The van der Waals surface area contributed by atoms with Crippen LogP contribution in [0.2, 0.25) is 0 Å². The number of ether oxygens (including phenoxy) is 2. The number of esters is 1. The molecule has 96 valence electrons. The number of nitrogens with zero attached hydrogens (tertiary/aromatic N) is 1. The van der Waals surface area contributed by atoms with E-state index >= 15 is 0 Å². The minimum Gasteiger partial charge on any atom is -0.497 e. The van der Waals surface area contributed by atoms with E-state index in [4.69, 9.17) is 9.94 Å². The van der Waals surface area contributed by atoms with Crippen LogP contribution in [0.5, 0.6) is 5.75 Å². The molecule has 1 aromatic rings. The van der Waals surface area contributed by atoms with E-state index in [2.05, 4.69) is 9.89 Å². The minimum absolute atomic E-state index is 0.0200. The molecule has 1 N–H and O–H groups in total. The van der Waals surface area contributed by atoms with E-state index in [-0.39, 0.29) is 18.3 Å². The molecule has 1 aromatic carbocycles. The first kappa shape index (κ1) is 12.4. The van der Waals surface area contributed by atoms with Crippen molar-refractivity contribution in [2.24, 2.45) is 5.16 Å². The molecule has 0 heterocycles. The first-order valence-electron chi connectivity index (χ1n) is 5.65. The normalized spacial score (nSPS) is 19.7.